The molecule has 2 saturated heterocycles. The normalized spacial score (nSPS) is 37.2. The second kappa shape index (κ2) is 4.87. The van der Waals surface area contributed by atoms with Crippen LogP contribution in [-0.2, 0) is 4.74 Å². The van der Waals surface area contributed by atoms with Gasteiger partial charge in [0.05, 0.1) is 5.60 Å². The molecule has 0 amide bonds. The fourth-order valence-corrected chi connectivity index (χ4v) is 3.85. The molecule has 0 bridgehead atoms. The number of rotatable bonds is 3. The SMILES string of the molecule is OCCC1CCN(C2CCOC3(CCC3)C2)C1. The fraction of sp³-hybridized carbons (Fsp3) is 1.00. The molecule has 2 unspecified atom stereocenters. The van der Waals surface area contributed by atoms with Crippen molar-refractivity contribution in [3.05, 3.63) is 0 Å². The zero-order valence-electron chi connectivity index (χ0n) is 10.7. The van der Waals surface area contributed by atoms with Crippen molar-refractivity contribution in [2.24, 2.45) is 5.92 Å². The lowest BCUT2D eigenvalue weighted by atomic mass is 9.73. The highest BCUT2D eigenvalue weighted by Crippen LogP contribution is 2.44. The van der Waals surface area contributed by atoms with Crippen LogP contribution in [0.3, 0.4) is 0 Å². The van der Waals surface area contributed by atoms with E-state index in [2.05, 4.69) is 4.90 Å². The van der Waals surface area contributed by atoms with Crippen molar-refractivity contribution in [2.45, 2.75) is 56.6 Å². The van der Waals surface area contributed by atoms with Gasteiger partial charge in [-0.25, -0.2) is 0 Å². The van der Waals surface area contributed by atoms with Gasteiger partial charge >= 0.3 is 0 Å². The minimum atomic E-state index is 0.276. The van der Waals surface area contributed by atoms with Crippen LogP contribution in [0.1, 0.15) is 44.9 Å². The Balaban J connectivity index is 1.54. The monoisotopic (exact) mass is 239 g/mol. The molecule has 17 heavy (non-hydrogen) atoms. The highest BCUT2D eigenvalue weighted by atomic mass is 16.5. The maximum Gasteiger partial charge on any atom is 0.0697 e. The Hall–Kier alpha value is -0.120. The molecule has 98 valence electrons. The third-order valence-corrected chi connectivity index (χ3v) is 5.10. The van der Waals surface area contributed by atoms with Crippen molar-refractivity contribution in [3.8, 4) is 0 Å². The molecular formula is C14H25NO2. The van der Waals surface area contributed by atoms with Gasteiger partial charge in [-0.1, -0.05) is 0 Å². The van der Waals surface area contributed by atoms with Gasteiger partial charge in [0.2, 0.25) is 0 Å². The average molecular weight is 239 g/mol. The minimum absolute atomic E-state index is 0.276. The lowest BCUT2D eigenvalue weighted by molar-refractivity contribution is -0.147. The summed E-state index contributed by atoms with van der Waals surface area (Å²) in [5.41, 5.74) is 0.276. The summed E-state index contributed by atoms with van der Waals surface area (Å²) in [5, 5.41) is 9.02. The first kappa shape index (κ1) is 11.9. The highest BCUT2D eigenvalue weighted by molar-refractivity contribution is 4.97. The molecule has 1 spiro atoms. The van der Waals surface area contributed by atoms with Crippen molar-refractivity contribution in [3.63, 3.8) is 0 Å². The summed E-state index contributed by atoms with van der Waals surface area (Å²) < 4.78 is 6.00. The third kappa shape index (κ3) is 2.38. The van der Waals surface area contributed by atoms with Gasteiger partial charge in [-0.15, -0.1) is 0 Å². The van der Waals surface area contributed by atoms with Gasteiger partial charge in [-0.3, -0.25) is 4.90 Å². The summed E-state index contributed by atoms with van der Waals surface area (Å²) in [6.07, 6.45) is 8.69. The van der Waals surface area contributed by atoms with Crippen LogP contribution in [-0.4, -0.2) is 48.0 Å². The topological polar surface area (TPSA) is 32.7 Å². The molecule has 1 N–H and O–H groups in total. The molecule has 0 aromatic heterocycles. The minimum Gasteiger partial charge on any atom is -0.396 e. The predicted octanol–water partition coefficient (Wildman–Crippen LogP) is 1.79. The first-order valence-electron chi connectivity index (χ1n) is 7.30. The number of aliphatic hydroxyl groups excluding tert-OH is 1. The summed E-state index contributed by atoms with van der Waals surface area (Å²) in [7, 11) is 0. The summed E-state index contributed by atoms with van der Waals surface area (Å²) in [6, 6.07) is 0.757. The molecule has 0 radical (unpaired) electrons. The number of nitrogens with zero attached hydrogens (tertiary/aromatic N) is 1. The van der Waals surface area contributed by atoms with Crippen LogP contribution in [0.15, 0.2) is 0 Å². The molecule has 3 aliphatic rings. The molecule has 3 rings (SSSR count). The van der Waals surface area contributed by atoms with Crippen LogP contribution in [0.25, 0.3) is 0 Å². The zero-order chi connectivity index (χ0) is 11.7. The van der Waals surface area contributed by atoms with Gasteiger partial charge in [0.1, 0.15) is 0 Å². The van der Waals surface area contributed by atoms with Crippen LogP contribution in [0.2, 0.25) is 0 Å². The largest absolute Gasteiger partial charge is 0.396 e. The smallest absolute Gasteiger partial charge is 0.0697 e. The van der Waals surface area contributed by atoms with Crippen LogP contribution >= 0.6 is 0 Å². The van der Waals surface area contributed by atoms with Gasteiger partial charge in [-0.2, -0.15) is 0 Å². The van der Waals surface area contributed by atoms with Crippen LogP contribution in [0, 0.1) is 5.92 Å². The van der Waals surface area contributed by atoms with Gasteiger partial charge in [0, 0.05) is 25.8 Å². The third-order valence-electron chi connectivity index (χ3n) is 5.10. The van der Waals surface area contributed by atoms with Crippen LogP contribution in [0.4, 0.5) is 0 Å². The molecule has 3 heteroatoms. The van der Waals surface area contributed by atoms with Gasteiger partial charge in [-0.05, 0) is 57.4 Å². The first-order chi connectivity index (χ1) is 8.31. The summed E-state index contributed by atoms with van der Waals surface area (Å²) >= 11 is 0. The van der Waals surface area contributed by atoms with Gasteiger partial charge < -0.3 is 9.84 Å². The average Bonchev–Trinajstić information content (AvgIpc) is 2.76. The van der Waals surface area contributed by atoms with E-state index < -0.39 is 0 Å². The summed E-state index contributed by atoms with van der Waals surface area (Å²) in [4.78, 5) is 2.67. The van der Waals surface area contributed by atoms with E-state index in [4.69, 9.17) is 9.84 Å². The fourth-order valence-electron chi connectivity index (χ4n) is 3.85. The molecule has 2 aliphatic heterocycles. The van der Waals surface area contributed by atoms with Crippen molar-refractivity contribution in [2.75, 3.05) is 26.3 Å². The molecule has 2 atom stereocenters. The van der Waals surface area contributed by atoms with E-state index in [-0.39, 0.29) is 5.60 Å². The second-order valence-corrected chi connectivity index (χ2v) is 6.19. The molecular weight excluding hydrogens is 214 g/mol. The van der Waals surface area contributed by atoms with Crippen LogP contribution < -0.4 is 0 Å². The van der Waals surface area contributed by atoms with Crippen LogP contribution in [0.5, 0.6) is 0 Å². The lowest BCUT2D eigenvalue weighted by Gasteiger charge is -2.49. The van der Waals surface area contributed by atoms with Crippen molar-refractivity contribution < 1.29 is 9.84 Å². The van der Waals surface area contributed by atoms with E-state index in [0.29, 0.717) is 6.61 Å². The van der Waals surface area contributed by atoms with E-state index in [1.807, 2.05) is 0 Å². The van der Waals surface area contributed by atoms with E-state index in [1.165, 1.54) is 51.6 Å². The Labute approximate surface area is 104 Å². The van der Waals surface area contributed by atoms with Crippen molar-refractivity contribution >= 4 is 0 Å². The Morgan fingerprint density at radius 1 is 1.29 bits per heavy atom. The second-order valence-electron chi connectivity index (χ2n) is 6.19. The van der Waals surface area contributed by atoms with Gasteiger partial charge in [0.25, 0.3) is 0 Å². The summed E-state index contributed by atoms with van der Waals surface area (Å²) in [6.45, 7) is 3.77. The van der Waals surface area contributed by atoms with Gasteiger partial charge in [0.15, 0.2) is 0 Å². The number of aliphatic hydroxyl groups is 1. The molecule has 0 aromatic carbocycles. The predicted molar refractivity (Wildman–Crippen MR) is 66.9 cm³/mol. The Morgan fingerprint density at radius 3 is 2.88 bits per heavy atom. The Morgan fingerprint density at radius 2 is 2.18 bits per heavy atom. The van der Waals surface area contributed by atoms with E-state index in [1.54, 1.807) is 0 Å². The molecule has 3 nitrogen and oxygen atoms in total. The number of hydrogen-bond acceptors (Lipinski definition) is 3. The molecule has 3 fully saturated rings. The maximum atomic E-state index is 9.02. The zero-order valence-corrected chi connectivity index (χ0v) is 10.7. The maximum absolute atomic E-state index is 9.02. The number of likely N-dealkylation sites (tertiary alicyclic amines) is 1. The van der Waals surface area contributed by atoms with E-state index in [9.17, 15) is 0 Å². The van der Waals surface area contributed by atoms with E-state index >= 15 is 0 Å². The molecule has 1 aliphatic carbocycles. The van der Waals surface area contributed by atoms with Crippen molar-refractivity contribution in [1.29, 1.82) is 0 Å². The quantitative estimate of drug-likeness (QED) is 0.815. The Bertz CT molecular complexity index is 265. The standard InChI is InChI=1S/C14H25NO2/c16-8-3-12-2-7-15(11-12)13-4-9-17-14(10-13)5-1-6-14/h12-13,16H,1-11H2. The number of hydrogen-bond donors (Lipinski definition) is 1. The first-order valence-corrected chi connectivity index (χ1v) is 7.30. The Kier molecular flexibility index (Phi) is 3.42. The van der Waals surface area contributed by atoms with E-state index in [0.717, 1.165) is 25.0 Å². The molecule has 1 saturated carbocycles. The highest BCUT2D eigenvalue weighted by Gasteiger charge is 2.44. The van der Waals surface area contributed by atoms with Crippen molar-refractivity contribution in [1.82, 2.24) is 4.90 Å². The number of ether oxygens (including phenoxy) is 1. The lowest BCUT2D eigenvalue weighted by Crippen LogP contribution is -2.51. The summed E-state index contributed by atoms with van der Waals surface area (Å²) in [5.74, 6) is 0.736. The molecule has 0 aromatic rings. The molecule has 2 heterocycles.